The molecule has 1 heterocycles. The number of aromatic amines is 1. The quantitative estimate of drug-likeness (QED) is 0.669. The summed E-state index contributed by atoms with van der Waals surface area (Å²) in [7, 11) is -3.37. The first-order chi connectivity index (χ1) is 12.4. The van der Waals surface area contributed by atoms with Crippen molar-refractivity contribution in [2.45, 2.75) is 18.2 Å². The van der Waals surface area contributed by atoms with E-state index < -0.39 is 9.84 Å². The molecular formula is C19H19ClN2O3S. The maximum atomic E-state index is 12.1. The first-order valence-electron chi connectivity index (χ1n) is 8.17. The van der Waals surface area contributed by atoms with E-state index in [2.05, 4.69) is 10.2 Å². The van der Waals surface area contributed by atoms with Crippen molar-refractivity contribution in [1.29, 1.82) is 0 Å². The van der Waals surface area contributed by atoms with Crippen LogP contribution < -0.4 is 0 Å². The zero-order valence-corrected chi connectivity index (χ0v) is 15.8. The highest BCUT2D eigenvalue weighted by molar-refractivity contribution is 7.91. The first kappa shape index (κ1) is 18.6. The first-order valence-corrected chi connectivity index (χ1v) is 10.2. The minimum atomic E-state index is -3.37. The van der Waals surface area contributed by atoms with Crippen LogP contribution in [0.25, 0.3) is 22.5 Å². The van der Waals surface area contributed by atoms with E-state index in [1.54, 1.807) is 24.3 Å². The van der Waals surface area contributed by atoms with Crippen LogP contribution in [0.4, 0.5) is 0 Å². The van der Waals surface area contributed by atoms with E-state index in [0.717, 1.165) is 28.1 Å². The lowest BCUT2D eigenvalue weighted by Crippen LogP contribution is -2.08. The third-order valence-corrected chi connectivity index (χ3v) is 6.37. The second-order valence-corrected chi connectivity index (χ2v) is 8.57. The van der Waals surface area contributed by atoms with E-state index >= 15 is 0 Å². The number of halogens is 1. The molecule has 0 aliphatic heterocycles. The van der Waals surface area contributed by atoms with E-state index in [1.807, 2.05) is 31.2 Å². The zero-order chi connectivity index (χ0) is 18.7. The van der Waals surface area contributed by atoms with Gasteiger partial charge < -0.3 is 5.11 Å². The number of aromatic nitrogens is 2. The average Bonchev–Trinajstić information content (AvgIpc) is 3.12. The Kier molecular flexibility index (Phi) is 5.46. The molecule has 0 bridgehead atoms. The number of aliphatic hydroxyl groups is 1. The lowest BCUT2D eigenvalue weighted by atomic mass is 10.1. The Bertz CT molecular complexity index is 1010. The van der Waals surface area contributed by atoms with Crippen LogP contribution in [0.15, 0.2) is 53.4 Å². The SMILES string of the molecule is Cc1cc(-c2cc(-c3ccc(S(=O)(=O)CCCO)cc3)[nH]n2)ccc1Cl. The average molecular weight is 391 g/mol. The highest BCUT2D eigenvalue weighted by Crippen LogP contribution is 2.27. The molecule has 0 fully saturated rings. The van der Waals surface area contributed by atoms with Crippen LogP contribution in [0.2, 0.25) is 5.02 Å². The summed E-state index contributed by atoms with van der Waals surface area (Å²) < 4.78 is 24.3. The molecule has 0 saturated carbocycles. The van der Waals surface area contributed by atoms with Gasteiger partial charge in [-0.25, -0.2) is 8.42 Å². The monoisotopic (exact) mass is 390 g/mol. The summed E-state index contributed by atoms with van der Waals surface area (Å²) in [4.78, 5) is 0.253. The molecule has 3 rings (SSSR count). The van der Waals surface area contributed by atoms with Crippen molar-refractivity contribution in [1.82, 2.24) is 10.2 Å². The Morgan fingerprint density at radius 2 is 1.77 bits per heavy atom. The van der Waals surface area contributed by atoms with Gasteiger partial charge in [0.25, 0.3) is 0 Å². The van der Waals surface area contributed by atoms with Crippen LogP contribution >= 0.6 is 11.6 Å². The summed E-state index contributed by atoms with van der Waals surface area (Å²) in [6, 6.07) is 14.3. The molecule has 3 aromatic rings. The number of benzene rings is 2. The molecule has 0 aliphatic rings. The van der Waals surface area contributed by atoms with Crippen LogP contribution in [0.5, 0.6) is 0 Å². The fourth-order valence-corrected chi connectivity index (χ4v) is 4.05. The van der Waals surface area contributed by atoms with Crippen LogP contribution in [-0.4, -0.2) is 36.1 Å². The predicted octanol–water partition coefficient (Wildman–Crippen LogP) is 3.86. The van der Waals surface area contributed by atoms with Crippen molar-refractivity contribution in [2.75, 3.05) is 12.4 Å². The number of aryl methyl sites for hydroxylation is 1. The van der Waals surface area contributed by atoms with E-state index in [1.165, 1.54) is 0 Å². The van der Waals surface area contributed by atoms with E-state index in [0.29, 0.717) is 5.02 Å². The topological polar surface area (TPSA) is 83.0 Å². The van der Waals surface area contributed by atoms with Crippen molar-refractivity contribution < 1.29 is 13.5 Å². The highest BCUT2D eigenvalue weighted by Gasteiger charge is 2.14. The normalized spacial score (nSPS) is 11.7. The van der Waals surface area contributed by atoms with E-state index in [-0.39, 0.29) is 23.7 Å². The Labute approximate surface area is 157 Å². The van der Waals surface area contributed by atoms with Gasteiger partial charge in [0.2, 0.25) is 0 Å². The second kappa shape index (κ2) is 7.61. The van der Waals surface area contributed by atoms with Crippen molar-refractivity contribution in [3.8, 4) is 22.5 Å². The van der Waals surface area contributed by atoms with Gasteiger partial charge in [-0.15, -0.1) is 0 Å². The molecule has 0 atom stereocenters. The molecule has 0 unspecified atom stereocenters. The van der Waals surface area contributed by atoms with Crippen molar-refractivity contribution >= 4 is 21.4 Å². The predicted molar refractivity (Wildman–Crippen MR) is 103 cm³/mol. The standard InChI is InChI=1S/C19H19ClN2O3S/c1-13-11-15(5-8-17(13)20)19-12-18(21-22-19)14-3-6-16(7-4-14)26(24,25)10-2-9-23/h3-8,11-12,23H,2,9-10H2,1H3,(H,21,22). The molecule has 7 heteroatoms. The van der Waals surface area contributed by atoms with Gasteiger partial charge in [0.15, 0.2) is 9.84 Å². The fraction of sp³-hybridized carbons (Fsp3) is 0.211. The number of H-pyrrole nitrogens is 1. The highest BCUT2D eigenvalue weighted by atomic mass is 35.5. The summed E-state index contributed by atoms with van der Waals surface area (Å²) in [5.74, 6) is -0.0625. The van der Waals surface area contributed by atoms with Crippen LogP contribution in [-0.2, 0) is 9.84 Å². The number of sulfone groups is 1. The Morgan fingerprint density at radius 1 is 1.08 bits per heavy atom. The molecule has 0 saturated heterocycles. The number of nitrogens with zero attached hydrogens (tertiary/aromatic N) is 1. The van der Waals surface area contributed by atoms with Crippen molar-refractivity contribution in [3.05, 3.63) is 59.1 Å². The number of hydrogen-bond acceptors (Lipinski definition) is 4. The molecule has 0 aliphatic carbocycles. The van der Waals surface area contributed by atoms with Crippen molar-refractivity contribution in [2.24, 2.45) is 0 Å². The third kappa shape index (κ3) is 3.98. The zero-order valence-electron chi connectivity index (χ0n) is 14.2. The molecule has 0 amide bonds. The number of rotatable bonds is 6. The molecule has 5 nitrogen and oxygen atoms in total. The second-order valence-electron chi connectivity index (χ2n) is 6.05. The molecule has 0 spiro atoms. The van der Waals surface area contributed by atoms with Gasteiger partial charge >= 0.3 is 0 Å². The largest absolute Gasteiger partial charge is 0.396 e. The maximum Gasteiger partial charge on any atom is 0.178 e. The summed E-state index contributed by atoms with van der Waals surface area (Å²) >= 11 is 6.06. The van der Waals surface area contributed by atoms with Gasteiger partial charge in [-0.2, -0.15) is 5.10 Å². The minimum absolute atomic E-state index is 0.0625. The summed E-state index contributed by atoms with van der Waals surface area (Å²) in [6.07, 6.45) is 0.231. The number of nitrogens with one attached hydrogen (secondary N) is 1. The van der Waals surface area contributed by atoms with Crippen LogP contribution in [0.3, 0.4) is 0 Å². The smallest absolute Gasteiger partial charge is 0.178 e. The van der Waals surface area contributed by atoms with Gasteiger partial charge in [0.05, 0.1) is 22.0 Å². The van der Waals surface area contributed by atoms with Crippen LogP contribution in [0, 0.1) is 6.92 Å². The number of aliphatic hydroxyl groups excluding tert-OH is 1. The molecular weight excluding hydrogens is 372 g/mol. The molecule has 26 heavy (non-hydrogen) atoms. The van der Waals surface area contributed by atoms with Gasteiger partial charge in [0.1, 0.15) is 0 Å². The van der Waals surface area contributed by atoms with Gasteiger partial charge in [-0.05, 0) is 54.8 Å². The molecule has 1 aromatic heterocycles. The maximum absolute atomic E-state index is 12.1. The third-order valence-electron chi connectivity index (χ3n) is 4.13. The Hall–Kier alpha value is -2.15. The van der Waals surface area contributed by atoms with Gasteiger partial charge in [-0.3, -0.25) is 5.10 Å². The number of hydrogen-bond donors (Lipinski definition) is 2. The minimum Gasteiger partial charge on any atom is -0.396 e. The molecule has 2 aromatic carbocycles. The summed E-state index contributed by atoms with van der Waals surface area (Å²) in [6.45, 7) is 1.80. The summed E-state index contributed by atoms with van der Waals surface area (Å²) in [5, 5.41) is 16.8. The lowest BCUT2D eigenvalue weighted by molar-refractivity contribution is 0.295. The lowest BCUT2D eigenvalue weighted by Gasteiger charge is -2.04. The Morgan fingerprint density at radius 3 is 2.42 bits per heavy atom. The van der Waals surface area contributed by atoms with Gasteiger partial charge in [-0.1, -0.05) is 29.8 Å². The van der Waals surface area contributed by atoms with Crippen molar-refractivity contribution in [3.63, 3.8) is 0 Å². The van der Waals surface area contributed by atoms with E-state index in [9.17, 15) is 8.42 Å². The molecule has 2 N–H and O–H groups in total. The molecule has 136 valence electrons. The van der Waals surface area contributed by atoms with Gasteiger partial charge in [0, 0.05) is 17.2 Å². The molecule has 0 radical (unpaired) electrons. The van der Waals surface area contributed by atoms with Crippen LogP contribution in [0.1, 0.15) is 12.0 Å². The summed E-state index contributed by atoms with van der Waals surface area (Å²) in [5.41, 5.74) is 4.37. The Balaban J connectivity index is 1.84. The van der Waals surface area contributed by atoms with E-state index in [4.69, 9.17) is 16.7 Å². The fourth-order valence-electron chi connectivity index (χ4n) is 2.64.